The number of halogens is 1. The molecule has 1 N–H and O–H groups in total. The monoisotopic (exact) mass is 399 g/mol. The molecular formula is C20H18ClN3O2S. The van der Waals surface area contributed by atoms with Crippen molar-refractivity contribution in [1.82, 2.24) is 10.3 Å². The van der Waals surface area contributed by atoms with Crippen molar-refractivity contribution in [3.8, 4) is 5.75 Å². The number of aromatic nitrogens is 1. The largest absolute Gasteiger partial charge is 0.495 e. The van der Waals surface area contributed by atoms with Gasteiger partial charge < -0.3 is 19.4 Å². The van der Waals surface area contributed by atoms with E-state index in [9.17, 15) is 0 Å². The van der Waals surface area contributed by atoms with Gasteiger partial charge in [-0.3, -0.25) is 4.98 Å². The zero-order valence-corrected chi connectivity index (χ0v) is 16.4. The molecule has 0 amide bonds. The van der Waals surface area contributed by atoms with E-state index >= 15 is 0 Å². The van der Waals surface area contributed by atoms with E-state index in [1.165, 1.54) is 0 Å². The van der Waals surface area contributed by atoms with Crippen molar-refractivity contribution in [3.05, 3.63) is 77.0 Å². The number of anilines is 1. The van der Waals surface area contributed by atoms with Crippen LogP contribution in [0.25, 0.3) is 0 Å². The Hall–Kier alpha value is -2.57. The van der Waals surface area contributed by atoms with Gasteiger partial charge in [-0.1, -0.05) is 17.7 Å². The molecule has 0 radical (unpaired) electrons. The van der Waals surface area contributed by atoms with Gasteiger partial charge >= 0.3 is 0 Å². The Kier molecular flexibility index (Phi) is 4.76. The molecule has 138 valence electrons. The molecule has 27 heavy (non-hydrogen) atoms. The summed E-state index contributed by atoms with van der Waals surface area (Å²) in [6, 6.07) is 15.0. The minimum Gasteiger partial charge on any atom is -0.495 e. The zero-order valence-electron chi connectivity index (χ0n) is 14.8. The summed E-state index contributed by atoms with van der Waals surface area (Å²) in [5.74, 6) is 2.27. The number of nitrogens with zero attached hydrogens (tertiary/aromatic N) is 2. The van der Waals surface area contributed by atoms with E-state index in [1.807, 2.05) is 60.4 Å². The van der Waals surface area contributed by atoms with Crippen molar-refractivity contribution in [2.45, 2.75) is 19.0 Å². The van der Waals surface area contributed by atoms with E-state index in [0.717, 1.165) is 22.9 Å². The number of aryl methyl sites for hydroxylation is 1. The summed E-state index contributed by atoms with van der Waals surface area (Å²) in [6.45, 7) is 1.93. The van der Waals surface area contributed by atoms with E-state index in [4.69, 9.17) is 33.0 Å². The van der Waals surface area contributed by atoms with Gasteiger partial charge in [0.05, 0.1) is 23.9 Å². The lowest BCUT2D eigenvalue weighted by Gasteiger charge is -2.26. The summed E-state index contributed by atoms with van der Waals surface area (Å²) in [5.41, 5.74) is 1.75. The maximum absolute atomic E-state index is 6.36. The van der Waals surface area contributed by atoms with Crippen molar-refractivity contribution in [1.29, 1.82) is 0 Å². The van der Waals surface area contributed by atoms with Crippen LogP contribution in [0.2, 0.25) is 5.02 Å². The van der Waals surface area contributed by atoms with Crippen LogP contribution in [0, 0.1) is 6.92 Å². The summed E-state index contributed by atoms with van der Waals surface area (Å²) in [7, 11) is 1.59. The zero-order chi connectivity index (χ0) is 19.0. The van der Waals surface area contributed by atoms with Gasteiger partial charge in [-0.25, -0.2) is 0 Å². The number of methoxy groups -OCH3 is 1. The molecular weight excluding hydrogens is 382 g/mol. The Bertz CT molecular complexity index is 976. The molecule has 7 heteroatoms. The first-order chi connectivity index (χ1) is 13.1. The predicted octanol–water partition coefficient (Wildman–Crippen LogP) is 4.82. The normalized spacial score (nSPS) is 19.2. The summed E-state index contributed by atoms with van der Waals surface area (Å²) in [5, 5.41) is 4.50. The molecule has 3 aromatic rings. The fraction of sp³-hybridized carbons (Fsp3) is 0.200. The molecule has 1 aromatic carbocycles. The molecule has 0 spiro atoms. The first-order valence-electron chi connectivity index (χ1n) is 8.49. The standard InChI is InChI=1S/C20H18ClN3O2S/c1-12-6-8-17(26-12)19-18(15-5-3-4-10-22-15)23-20(27)24(19)13-7-9-16(25-2)14(21)11-13/h3-11,18-19H,1-2H3,(H,23,27)/t18-,19-/m1/s1. The van der Waals surface area contributed by atoms with Gasteiger partial charge in [-0.05, 0) is 61.6 Å². The van der Waals surface area contributed by atoms with E-state index in [0.29, 0.717) is 15.9 Å². The van der Waals surface area contributed by atoms with E-state index in [2.05, 4.69) is 10.3 Å². The fourth-order valence-corrected chi connectivity index (χ4v) is 3.94. The molecule has 1 saturated heterocycles. The van der Waals surface area contributed by atoms with E-state index in [1.54, 1.807) is 13.3 Å². The molecule has 1 aliphatic rings. The number of ether oxygens (including phenoxy) is 1. The summed E-state index contributed by atoms with van der Waals surface area (Å²) in [6.07, 6.45) is 1.78. The number of nitrogens with one attached hydrogen (secondary N) is 1. The van der Waals surface area contributed by atoms with Gasteiger partial charge in [0.1, 0.15) is 23.3 Å². The quantitative estimate of drug-likeness (QED) is 0.634. The number of rotatable bonds is 4. The van der Waals surface area contributed by atoms with Crippen LogP contribution in [0.3, 0.4) is 0 Å². The first kappa shape index (κ1) is 17.8. The molecule has 4 rings (SSSR count). The topological polar surface area (TPSA) is 50.5 Å². The Labute approximate surface area is 167 Å². The van der Waals surface area contributed by atoms with Gasteiger partial charge in [0.25, 0.3) is 0 Å². The highest BCUT2D eigenvalue weighted by Crippen LogP contribution is 2.43. The number of thiocarbonyl (C=S) groups is 1. The lowest BCUT2D eigenvalue weighted by molar-refractivity contribution is 0.414. The molecule has 5 nitrogen and oxygen atoms in total. The van der Waals surface area contributed by atoms with Crippen molar-refractivity contribution < 1.29 is 9.15 Å². The van der Waals surface area contributed by atoms with Crippen LogP contribution in [0.1, 0.15) is 29.3 Å². The Morgan fingerprint density at radius 1 is 1.22 bits per heavy atom. The number of benzene rings is 1. The average Bonchev–Trinajstić information content (AvgIpc) is 3.25. The molecule has 1 fully saturated rings. The highest BCUT2D eigenvalue weighted by molar-refractivity contribution is 7.80. The Balaban J connectivity index is 1.81. The van der Waals surface area contributed by atoms with Crippen LogP contribution >= 0.6 is 23.8 Å². The molecule has 2 aromatic heterocycles. The van der Waals surface area contributed by atoms with Crippen LogP contribution in [-0.2, 0) is 0 Å². The van der Waals surface area contributed by atoms with Gasteiger partial charge in [0.15, 0.2) is 5.11 Å². The molecule has 3 heterocycles. The SMILES string of the molecule is COc1ccc(N2C(=S)N[C@H](c3ccccn3)[C@H]2c2ccc(C)o2)cc1Cl. The number of hydrogen-bond donors (Lipinski definition) is 1. The van der Waals surface area contributed by atoms with Gasteiger partial charge in [-0.15, -0.1) is 0 Å². The lowest BCUT2D eigenvalue weighted by atomic mass is 10.0. The second-order valence-electron chi connectivity index (χ2n) is 6.26. The average molecular weight is 400 g/mol. The lowest BCUT2D eigenvalue weighted by Crippen LogP contribution is -2.29. The van der Waals surface area contributed by atoms with Crippen molar-refractivity contribution in [2.75, 3.05) is 12.0 Å². The van der Waals surface area contributed by atoms with Crippen molar-refractivity contribution in [2.24, 2.45) is 0 Å². The van der Waals surface area contributed by atoms with Crippen LogP contribution in [0.15, 0.2) is 59.1 Å². The van der Waals surface area contributed by atoms with Crippen molar-refractivity contribution in [3.63, 3.8) is 0 Å². The predicted molar refractivity (Wildman–Crippen MR) is 109 cm³/mol. The number of furan rings is 1. The van der Waals surface area contributed by atoms with Crippen LogP contribution < -0.4 is 15.0 Å². The maximum Gasteiger partial charge on any atom is 0.174 e. The molecule has 0 bridgehead atoms. The van der Waals surface area contributed by atoms with Gasteiger partial charge in [-0.2, -0.15) is 0 Å². The van der Waals surface area contributed by atoms with Gasteiger partial charge in [0.2, 0.25) is 0 Å². The Morgan fingerprint density at radius 3 is 2.70 bits per heavy atom. The van der Waals surface area contributed by atoms with E-state index < -0.39 is 0 Å². The first-order valence-corrected chi connectivity index (χ1v) is 9.27. The molecule has 2 atom stereocenters. The second kappa shape index (κ2) is 7.21. The second-order valence-corrected chi connectivity index (χ2v) is 7.06. The van der Waals surface area contributed by atoms with Gasteiger partial charge in [0, 0.05) is 11.9 Å². The minimum absolute atomic E-state index is 0.148. The maximum atomic E-state index is 6.36. The molecule has 0 aliphatic carbocycles. The third-order valence-corrected chi connectivity index (χ3v) is 5.17. The highest BCUT2D eigenvalue weighted by atomic mass is 35.5. The van der Waals surface area contributed by atoms with E-state index in [-0.39, 0.29) is 12.1 Å². The number of hydrogen-bond acceptors (Lipinski definition) is 4. The summed E-state index contributed by atoms with van der Waals surface area (Å²) in [4.78, 5) is 6.53. The number of pyridine rings is 1. The van der Waals surface area contributed by atoms with Crippen LogP contribution in [0.4, 0.5) is 5.69 Å². The van der Waals surface area contributed by atoms with Crippen LogP contribution in [-0.4, -0.2) is 17.2 Å². The highest BCUT2D eigenvalue weighted by Gasteiger charge is 2.42. The van der Waals surface area contributed by atoms with Crippen LogP contribution in [0.5, 0.6) is 5.75 Å². The minimum atomic E-state index is -0.189. The third-order valence-electron chi connectivity index (χ3n) is 4.56. The van der Waals surface area contributed by atoms with Crippen molar-refractivity contribution >= 4 is 34.6 Å². The molecule has 1 aliphatic heterocycles. The third kappa shape index (κ3) is 3.26. The summed E-state index contributed by atoms with van der Waals surface area (Å²) < 4.78 is 11.2. The molecule has 0 unspecified atom stereocenters. The Morgan fingerprint density at radius 2 is 2.07 bits per heavy atom. The summed E-state index contributed by atoms with van der Waals surface area (Å²) >= 11 is 12.0. The molecule has 0 saturated carbocycles. The smallest absolute Gasteiger partial charge is 0.174 e. The fourth-order valence-electron chi connectivity index (χ4n) is 3.34.